The Morgan fingerprint density at radius 3 is 2.54 bits per heavy atom. The Kier molecular flexibility index (Phi) is 5.03. The maximum Gasteiger partial charge on any atom is 0.410 e. The Labute approximate surface area is 153 Å². The first kappa shape index (κ1) is 18.4. The summed E-state index contributed by atoms with van der Waals surface area (Å²) in [5.74, 6) is 1.09. The Hall–Kier alpha value is -2.37. The van der Waals surface area contributed by atoms with Crippen LogP contribution in [0.4, 0.5) is 4.79 Å². The largest absolute Gasteiger partial charge is 0.444 e. The molecule has 1 amide bonds. The van der Waals surface area contributed by atoms with Gasteiger partial charge >= 0.3 is 6.09 Å². The number of para-hydroxylation sites is 1. The van der Waals surface area contributed by atoms with Gasteiger partial charge in [0.25, 0.3) is 5.56 Å². The number of carbonyl (C=O) groups is 1. The molecule has 26 heavy (non-hydrogen) atoms. The topological polar surface area (TPSA) is 64.4 Å². The molecule has 0 atom stereocenters. The standard InChI is InChI=1S/C20H27N3O3/c1-14-21-17-8-6-5-7-16(17)18(24)23(14)13-15-9-11-22(12-10-15)19(25)26-20(2,3)4/h5-8,15H,9-13H2,1-4H3. The van der Waals surface area contributed by atoms with E-state index >= 15 is 0 Å². The second-order valence-corrected chi connectivity index (χ2v) is 8.00. The van der Waals surface area contributed by atoms with Crippen molar-refractivity contribution in [3.8, 4) is 0 Å². The Morgan fingerprint density at radius 2 is 1.88 bits per heavy atom. The fraction of sp³-hybridized carbons (Fsp3) is 0.550. The number of nitrogens with zero attached hydrogens (tertiary/aromatic N) is 3. The number of benzene rings is 1. The molecule has 2 heterocycles. The molecule has 0 unspecified atom stereocenters. The van der Waals surface area contributed by atoms with E-state index in [1.165, 1.54) is 0 Å². The quantitative estimate of drug-likeness (QED) is 0.827. The van der Waals surface area contributed by atoms with Crippen molar-refractivity contribution >= 4 is 17.0 Å². The van der Waals surface area contributed by atoms with Crippen LogP contribution < -0.4 is 5.56 Å². The van der Waals surface area contributed by atoms with Crippen LogP contribution >= 0.6 is 0 Å². The normalized spacial score (nSPS) is 16.1. The Balaban J connectivity index is 1.68. The Bertz CT molecular complexity index is 859. The highest BCUT2D eigenvalue weighted by Gasteiger charge is 2.27. The molecular weight excluding hydrogens is 330 g/mol. The van der Waals surface area contributed by atoms with Gasteiger partial charge in [-0.1, -0.05) is 12.1 Å². The smallest absolute Gasteiger partial charge is 0.410 e. The average molecular weight is 357 g/mol. The summed E-state index contributed by atoms with van der Waals surface area (Å²) in [6, 6.07) is 7.45. The lowest BCUT2D eigenvalue weighted by Crippen LogP contribution is -2.42. The molecule has 0 bridgehead atoms. The lowest BCUT2D eigenvalue weighted by molar-refractivity contribution is 0.0177. The summed E-state index contributed by atoms with van der Waals surface area (Å²) in [6.07, 6.45) is 1.47. The first-order valence-electron chi connectivity index (χ1n) is 9.19. The molecule has 0 spiro atoms. The van der Waals surface area contributed by atoms with Crippen LogP contribution in [0.5, 0.6) is 0 Å². The molecule has 140 valence electrons. The van der Waals surface area contributed by atoms with Gasteiger partial charge in [-0.15, -0.1) is 0 Å². The van der Waals surface area contributed by atoms with Crippen molar-refractivity contribution in [3.05, 3.63) is 40.4 Å². The molecule has 2 aromatic rings. The number of piperidine rings is 1. The van der Waals surface area contributed by atoms with E-state index in [1.54, 1.807) is 9.47 Å². The van der Waals surface area contributed by atoms with Gasteiger partial charge in [-0.3, -0.25) is 9.36 Å². The number of carbonyl (C=O) groups excluding carboxylic acids is 1. The third-order valence-corrected chi connectivity index (χ3v) is 4.76. The van der Waals surface area contributed by atoms with Crippen molar-refractivity contribution in [2.45, 2.75) is 52.7 Å². The summed E-state index contributed by atoms with van der Waals surface area (Å²) in [5.41, 5.74) is 0.281. The van der Waals surface area contributed by atoms with Crippen LogP contribution in [0.3, 0.4) is 0 Å². The van der Waals surface area contributed by atoms with Gasteiger partial charge in [0, 0.05) is 19.6 Å². The monoisotopic (exact) mass is 357 g/mol. The second-order valence-electron chi connectivity index (χ2n) is 8.00. The number of amides is 1. The highest BCUT2D eigenvalue weighted by atomic mass is 16.6. The zero-order valence-corrected chi connectivity index (χ0v) is 16.0. The predicted octanol–water partition coefficient (Wildman–Crippen LogP) is 3.35. The molecule has 0 N–H and O–H groups in total. The van der Waals surface area contributed by atoms with Gasteiger partial charge in [0.2, 0.25) is 0 Å². The molecule has 1 aliphatic heterocycles. The van der Waals surface area contributed by atoms with E-state index in [0.717, 1.165) is 24.2 Å². The van der Waals surface area contributed by atoms with Crippen molar-refractivity contribution in [2.24, 2.45) is 5.92 Å². The molecule has 1 aliphatic rings. The van der Waals surface area contributed by atoms with Gasteiger partial charge in [0.05, 0.1) is 10.9 Å². The highest BCUT2D eigenvalue weighted by Crippen LogP contribution is 2.21. The summed E-state index contributed by atoms with van der Waals surface area (Å²) in [6.45, 7) is 9.47. The average Bonchev–Trinajstić information content (AvgIpc) is 2.57. The van der Waals surface area contributed by atoms with Crippen molar-refractivity contribution in [1.82, 2.24) is 14.5 Å². The summed E-state index contributed by atoms with van der Waals surface area (Å²) in [4.78, 5) is 31.3. The minimum absolute atomic E-state index is 0.0164. The van der Waals surface area contributed by atoms with Crippen molar-refractivity contribution < 1.29 is 9.53 Å². The molecule has 6 nitrogen and oxygen atoms in total. The molecule has 1 aromatic carbocycles. The zero-order valence-electron chi connectivity index (χ0n) is 16.0. The summed E-state index contributed by atoms with van der Waals surface area (Å²) < 4.78 is 7.21. The number of rotatable bonds is 2. The van der Waals surface area contributed by atoms with Crippen LogP contribution in [-0.2, 0) is 11.3 Å². The van der Waals surface area contributed by atoms with Gasteiger partial charge in [0.15, 0.2) is 0 Å². The molecule has 3 rings (SSSR count). The maximum atomic E-state index is 12.8. The van der Waals surface area contributed by atoms with E-state index in [9.17, 15) is 9.59 Å². The van der Waals surface area contributed by atoms with Gasteiger partial charge in [-0.2, -0.15) is 0 Å². The number of aryl methyl sites for hydroxylation is 1. The van der Waals surface area contributed by atoms with Gasteiger partial charge in [-0.05, 0) is 58.6 Å². The fourth-order valence-corrected chi connectivity index (χ4v) is 3.38. The van der Waals surface area contributed by atoms with E-state index in [2.05, 4.69) is 4.98 Å². The molecular formula is C20H27N3O3. The number of hydrogen-bond donors (Lipinski definition) is 0. The van der Waals surface area contributed by atoms with Crippen LogP contribution in [0.2, 0.25) is 0 Å². The molecule has 1 aromatic heterocycles. The van der Waals surface area contributed by atoms with Crippen LogP contribution in [-0.4, -0.2) is 39.2 Å². The van der Waals surface area contributed by atoms with Crippen LogP contribution in [0, 0.1) is 12.8 Å². The van der Waals surface area contributed by atoms with E-state index in [1.807, 2.05) is 52.0 Å². The second kappa shape index (κ2) is 7.09. The van der Waals surface area contributed by atoms with E-state index in [0.29, 0.717) is 30.9 Å². The van der Waals surface area contributed by atoms with Gasteiger partial charge in [0.1, 0.15) is 11.4 Å². The minimum Gasteiger partial charge on any atom is -0.444 e. The minimum atomic E-state index is -0.477. The van der Waals surface area contributed by atoms with E-state index in [-0.39, 0.29) is 11.7 Å². The lowest BCUT2D eigenvalue weighted by atomic mass is 9.97. The maximum absolute atomic E-state index is 12.8. The van der Waals surface area contributed by atoms with Crippen molar-refractivity contribution in [3.63, 3.8) is 0 Å². The molecule has 0 radical (unpaired) electrons. The van der Waals surface area contributed by atoms with E-state index in [4.69, 9.17) is 4.74 Å². The third kappa shape index (κ3) is 4.06. The third-order valence-electron chi connectivity index (χ3n) is 4.76. The Morgan fingerprint density at radius 1 is 1.23 bits per heavy atom. The number of fused-ring (bicyclic) bond motifs is 1. The van der Waals surface area contributed by atoms with Gasteiger partial charge in [-0.25, -0.2) is 9.78 Å². The first-order valence-corrected chi connectivity index (χ1v) is 9.19. The van der Waals surface area contributed by atoms with Crippen molar-refractivity contribution in [2.75, 3.05) is 13.1 Å². The lowest BCUT2D eigenvalue weighted by Gasteiger charge is -2.33. The predicted molar refractivity (Wildman–Crippen MR) is 101 cm³/mol. The fourth-order valence-electron chi connectivity index (χ4n) is 3.38. The van der Waals surface area contributed by atoms with E-state index < -0.39 is 5.60 Å². The molecule has 1 fully saturated rings. The molecule has 1 saturated heterocycles. The summed E-state index contributed by atoms with van der Waals surface area (Å²) in [5, 5.41) is 0.657. The summed E-state index contributed by atoms with van der Waals surface area (Å²) in [7, 11) is 0. The zero-order chi connectivity index (χ0) is 18.9. The number of ether oxygens (including phenoxy) is 1. The van der Waals surface area contributed by atoms with Crippen LogP contribution in [0.1, 0.15) is 39.4 Å². The summed E-state index contributed by atoms with van der Waals surface area (Å²) >= 11 is 0. The highest BCUT2D eigenvalue weighted by molar-refractivity contribution is 5.77. The van der Waals surface area contributed by atoms with Crippen LogP contribution in [0.15, 0.2) is 29.1 Å². The first-order chi connectivity index (χ1) is 12.2. The number of aromatic nitrogens is 2. The molecule has 0 saturated carbocycles. The SMILES string of the molecule is Cc1nc2ccccc2c(=O)n1CC1CCN(C(=O)OC(C)(C)C)CC1. The van der Waals surface area contributed by atoms with Crippen LogP contribution in [0.25, 0.3) is 10.9 Å². The number of hydrogen-bond acceptors (Lipinski definition) is 4. The molecule has 0 aliphatic carbocycles. The van der Waals surface area contributed by atoms with Gasteiger partial charge < -0.3 is 9.64 Å². The number of likely N-dealkylation sites (tertiary alicyclic amines) is 1. The van der Waals surface area contributed by atoms with Crippen molar-refractivity contribution in [1.29, 1.82) is 0 Å². The molecule has 6 heteroatoms.